The Morgan fingerprint density at radius 3 is 2.77 bits per heavy atom. The number of piperidine rings is 1. The molecule has 6 nitrogen and oxygen atoms in total. The van der Waals surface area contributed by atoms with E-state index in [1.165, 1.54) is 13.2 Å². The van der Waals surface area contributed by atoms with Crippen LogP contribution in [-0.2, 0) is 4.79 Å². The van der Waals surface area contributed by atoms with Gasteiger partial charge in [-0.1, -0.05) is 0 Å². The van der Waals surface area contributed by atoms with Crippen LogP contribution in [0.5, 0.6) is 11.5 Å². The van der Waals surface area contributed by atoms with Gasteiger partial charge in [0.1, 0.15) is 11.5 Å². The number of carbonyl (C=O) groups excluding carboxylic acids is 1. The van der Waals surface area contributed by atoms with Crippen LogP contribution in [0.25, 0.3) is 0 Å². The van der Waals surface area contributed by atoms with Crippen LogP contribution in [0.15, 0.2) is 18.2 Å². The normalized spacial score (nSPS) is 18.0. The Bertz CT molecular complexity index is 557. The molecule has 1 unspecified atom stereocenters. The maximum atomic E-state index is 12.7. The molecule has 2 rings (SSSR count). The van der Waals surface area contributed by atoms with Crippen molar-refractivity contribution in [1.29, 1.82) is 0 Å². The second-order valence-electron chi connectivity index (χ2n) is 5.46. The SMILES string of the molecule is COc1ccc(C(=O)N2CCCCC2CCC(=O)O)c(O)c1. The number of amides is 1. The van der Waals surface area contributed by atoms with Crippen LogP contribution in [0, 0.1) is 0 Å². The van der Waals surface area contributed by atoms with Gasteiger partial charge < -0.3 is 19.8 Å². The number of hydrogen-bond acceptors (Lipinski definition) is 4. The molecule has 1 amide bonds. The summed E-state index contributed by atoms with van der Waals surface area (Å²) in [5.74, 6) is -0.748. The number of aliphatic carboxylic acids is 1. The Kier molecular flexibility index (Phi) is 5.25. The molecular weight excluding hydrogens is 286 g/mol. The predicted molar refractivity (Wildman–Crippen MR) is 80.2 cm³/mol. The fraction of sp³-hybridized carbons (Fsp3) is 0.500. The van der Waals surface area contributed by atoms with E-state index in [0.29, 0.717) is 18.7 Å². The average molecular weight is 307 g/mol. The number of likely N-dealkylation sites (tertiary alicyclic amines) is 1. The highest BCUT2D eigenvalue weighted by Gasteiger charge is 2.29. The Morgan fingerprint density at radius 1 is 1.36 bits per heavy atom. The zero-order chi connectivity index (χ0) is 16.1. The molecule has 1 aliphatic rings. The number of carboxylic acid groups (broad SMARTS) is 1. The third kappa shape index (κ3) is 3.69. The molecule has 0 radical (unpaired) electrons. The molecule has 1 aliphatic heterocycles. The van der Waals surface area contributed by atoms with E-state index in [-0.39, 0.29) is 29.7 Å². The first-order chi connectivity index (χ1) is 10.5. The minimum atomic E-state index is -0.856. The average Bonchev–Trinajstić information content (AvgIpc) is 2.52. The number of nitrogens with zero attached hydrogens (tertiary/aromatic N) is 1. The van der Waals surface area contributed by atoms with Crippen LogP contribution in [0.2, 0.25) is 0 Å². The van der Waals surface area contributed by atoms with Crippen LogP contribution >= 0.6 is 0 Å². The summed E-state index contributed by atoms with van der Waals surface area (Å²) in [4.78, 5) is 25.1. The van der Waals surface area contributed by atoms with Crippen LogP contribution in [0.3, 0.4) is 0 Å². The topological polar surface area (TPSA) is 87.1 Å². The first kappa shape index (κ1) is 16.1. The standard InChI is InChI=1S/C16H21NO5/c1-22-12-6-7-13(14(18)10-12)16(21)17-9-3-2-4-11(17)5-8-15(19)20/h6-7,10-11,18H,2-5,8-9H2,1H3,(H,19,20). The van der Waals surface area contributed by atoms with E-state index < -0.39 is 5.97 Å². The zero-order valence-corrected chi connectivity index (χ0v) is 12.6. The fourth-order valence-corrected chi connectivity index (χ4v) is 2.83. The fourth-order valence-electron chi connectivity index (χ4n) is 2.83. The number of phenolic OH excluding ortho intramolecular Hbond substituents is 1. The number of carbonyl (C=O) groups is 2. The maximum absolute atomic E-state index is 12.7. The summed E-state index contributed by atoms with van der Waals surface area (Å²) < 4.78 is 5.01. The molecule has 1 saturated heterocycles. The molecule has 0 aliphatic carbocycles. The van der Waals surface area contributed by atoms with Gasteiger partial charge in [-0.15, -0.1) is 0 Å². The zero-order valence-electron chi connectivity index (χ0n) is 12.6. The summed E-state index contributed by atoms with van der Waals surface area (Å²) in [5, 5.41) is 18.8. The van der Waals surface area contributed by atoms with Crippen molar-refractivity contribution < 1.29 is 24.5 Å². The Balaban J connectivity index is 2.16. The van der Waals surface area contributed by atoms with Crippen molar-refractivity contribution in [3.05, 3.63) is 23.8 Å². The second kappa shape index (κ2) is 7.15. The highest BCUT2D eigenvalue weighted by atomic mass is 16.5. The molecule has 0 aromatic heterocycles. The molecule has 1 atom stereocenters. The van der Waals surface area contributed by atoms with Crippen LogP contribution in [0.4, 0.5) is 0 Å². The molecule has 0 spiro atoms. The Morgan fingerprint density at radius 2 is 2.14 bits per heavy atom. The molecule has 1 aromatic carbocycles. The predicted octanol–water partition coefficient (Wildman–Crippen LogP) is 2.26. The summed E-state index contributed by atoms with van der Waals surface area (Å²) in [6.45, 7) is 0.592. The third-order valence-corrected chi connectivity index (χ3v) is 4.01. The first-order valence-corrected chi connectivity index (χ1v) is 7.42. The number of rotatable bonds is 5. The lowest BCUT2D eigenvalue weighted by Gasteiger charge is -2.35. The van der Waals surface area contributed by atoms with Gasteiger partial charge in [0, 0.05) is 25.1 Å². The van der Waals surface area contributed by atoms with Gasteiger partial charge in [0.2, 0.25) is 0 Å². The summed E-state index contributed by atoms with van der Waals surface area (Å²) in [6.07, 6.45) is 3.17. The van der Waals surface area contributed by atoms with E-state index in [0.717, 1.165) is 19.3 Å². The van der Waals surface area contributed by atoms with Crippen molar-refractivity contribution in [3.63, 3.8) is 0 Å². The van der Waals surface area contributed by atoms with E-state index in [9.17, 15) is 14.7 Å². The summed E-state index contributed by atoms with van der Waals surface area (Å²) in [5.41, 5.74) is 0.225. The van der Waals surface area contributed by atoms with Crippen molar-refractivity contribution in [2.45, 2.75) is 38.1 Å². The van der Waals surface area contributed by atoms with E-state index in [4.69, 9.17) is 9.84 Å². The Labute approximate surface area is 129 Å². The molecule has 2 N–H and O–H groups in total. The lowest BCUT2D eigenvalue weighted by Crippen LogP contribution is -2.44. The number of hydrogen-bond donors (Lipinski definition) is 2. The Hall–Kier alpha value is -2.24. The number of carboxylic acids is 1. The van der Waals surface area contributed by atoms with E-state index in [1.54, 1.807) is 17.0 Å². The molecular formula is C16H21NO5. The third-order valence-electron chi connectivity index (χ3n) is 4.01. The second-order valence-corrected chi connectivity index (χ2v) is 5.46. The quantitative estimate of drug-likeness (QED) is 0.871. The lowest BCUT2D eigenvalue weighted by molar-refractivity contribution is -0.137. The highest BCUT2D eigenvalue weighted by Crippen LogP contribution is 2.28. The molecule has 0 saturated carbocycles. The minimum Gasteiger partial charge on any atom is -0.507 e. The molecule has 120 valence electrons. The van der Waals surface area contributed by atoms with Crippen LogP contribution < -0.4 is 4.74 Å². The first-order valence-electron chi connectivity index (χ1n) is 7.42. The van der Waals surface area contributed by atoms with Crippen LogP contribution in [0.1, 0.15) is 42.5 Å². The van der Waals surface area contributed by atoms with Gasteiger partial charge in [-0.2, -0.15) is 0 Å². The van der Waals surface area contributed by atoms with Crippen molar-refractivity contribution in [1.82, 2.24) is 4.90 Å². The maximum Gasteiger partial charge on any atom is 0.303 e. The number of aromatic hydroxyl groups is 1. The smallest absolute Gasteiger partial charge is 0.303 e. The molecule has 6 heteroatoms. The van der Waals surface area contributed by atoms with Gasteiger partial charge in [0.05, 0.1) is 12.7 Å². The van der Waals surface area contributed by atoms with Gasteiger partial charge in [-0.25, -0.2) is 0 Å². The molecule has 1 heterocycles. The number of ether oxygens (including phenoxy) is 1. The molecule has 22 heavy (non-hydrogen) atoms. The minimum absolute atomic E-state index is 0.0447. The van der Waals surface area contributed by atoms with E-state index in [2.05, 4.69) is 0 Å². The lowest BCUT2D eigenvalue weighted by atomic mass is 9.96. The number of benzene rings is 1. The summed E-state index contributed by atoms with van der Waals surface area (Å²) in [7, 11) is 1.49. The number of methoxy groups -OCH3 is 1. The summed E-state index contributed by atoms with van der Waals surface area (Å²) in [6, 6.07) is 4.49. The van der Waals surface area contributed by atoms with E-state index in [1.807, 2.05) is 0 Å². The van der Waals surface area contributed by atoms with Crippen molar-refractivity contribution in [3.8, 4) is 11.5 Å². The van der Waals surface area contributed by atoms with E-state index >= 15 is 0 Å². The number of phenols is 1. The van der Waals surface area contributed by atoms with Crippen molar-refractivity contribution in [2.75, 3.05) is 13.7 Å². The van der Waals surface area contributed by atoms with Gasteiger partial charge in [-0.3, -0.25) is 9.59 Å². The van der Waals surface area contributed by atoms with Gasteiger partial charge in [0.25, 0.3) is 5.91 Å². The van der Waals surface area contributed by atoms with Crippen LogP contribution in [-0.4, -0.2) is 46.7 Å². The molecule has 1 aromatic rings. The van der Waals surface area contributed by atoms with Gasteiger partial charge in [0.15, 0.2) is 0 Å². The van der Waals surface area contributed by atoms with Crippen molar-refractivity contribution in [2.24, 2.45) is 0 Å². The van der Waals surface area contributed by atoms with Crippen molar-refractivity contribution >= 4 is 11.9 Å². The molecule has 1 fully saturated rings. The van der Waals surface area contributed by atoms with Gasteiger partial charge >= 0.3 is 5.97 Å². The highest BCUT2D eigenvalue weighted by molar-refractivity contribution is 5.97. The molecule has 0 bridgehead atoms. The monoisotopic (exact) mass is 307 g/mol. The summed E-state index contributed by atoms with van der Waals surface area (Å²) >= 11 is 0. The van der Waals surface area contributed by atoms with Gasteiger partial charge in [-0.05, 0) is 37.8 Å². The largest absolute Gasteiger partial charge is 0.507 e.